The van der Waals surface area contributed by atoms with E-state index in [1.807, 2.05) is 0 Å². The Morgan fingerprint density at radius 2 is 2.20 bits per heavy atom. The van der Waals surface area contributed by atoms with Gasteiger partial charge in [-0.2, -0.15) is 0 Å². The third-order valence-electron chi connectivity index (χ3n) is 2.49. The van der Waals surface area contributed by atoms with E-state index in [9.17, 15) is 13.6 Å². The van der Waals surface area contributed by atoms with E-state index in [-0.39, 0.29) is 18.6 Å². The first kappa shape index (κ1) is 12.1. The number of carbonyl (C=O) groups is 1. The van der Waals surface area contributed by atoms with E-state index in [0.29, 0.717) is 12.8 Å². The minimum absolute atomic E-state index is 0.0709. The highest BCUT2D eigenvalue weighted by Crippen LogP contribution is 2.36. The molecule has 0 saturated heterocycles. The first-order chi connectivity index (χ1) is 7.06. The van der Waals surface area contributed by atoms with Gasteiger partial charge in [0.1, 0.15) is 0 Å². The Morgan fingerprint density at radius 1 is 1.47 bits per heavy atom. The molecule has 0 aliphatic heterocycles. The summed E-state index contributed by atoms with van der Waals surface area (Å²) in [5, 5.41) is 0. The molecule has 1 aliphatic carbocycles. The molecule has 0 N–H and O–H groups in total. The Bertz CT molecular complexity index is 259. The highest BCUT2D eigenvalue weighted by atomic mass is 19.3. The van der Waals surface area contributed by atoms with Crippen molar-refractivity contribution in [2.24, 2.45) is 0 Å². The average molecular weight is 218 g/mol. The Hall–Kier alpha value is -0.930. The van der Waals surface area contributed by atoms with Gasteiger partial charge >= 0.3 is 5.97 Å². The van der Waals surface area contributed by atoms with Gasteiger partial charge in [0.15, 0.2) is 0 Å². The van der Waals surface area contributed by atoms with Crippen molar-refractivity contribution in [3.8, 4) is 0 Å². The summed E-state index contributed by atoms with van der Waals surface area (Å²) in [7, 11) is 0. The van der Waals surface area contributed by atoms with Gasteiger partial charge < -0.3 is 4.74 Å². The van der Waals surface area contributed by atoms with Crippen LogP contribution in [0.2, 0.25) is 0 Å². The molecule has 1 fully saturated rings. The summed E-state index contributed by atoms with van der Waals surface area (Å²) >= 11 is 0. The second-order valence-electron chi connectivity index (χ2n) is 3.69. The summed E-state index contributed by atoms with van der Waals surface area (Å²) in [5.41, 5.74) is -0.0709. The summed E-state index contributed by atoms with van der Waals surface area (Å²) < 4.78 is 31.5. The Labute approximate surface area is 88.3 Å². The van der Waals surface area contributed by atoms with E-state index in [1.165, 1.54) is 0 Å². The van der Waals surface area contributed by atoms with Crippen molar-refractivity contribution in [2.75, 3.05) is 6.61 Å². The second-order valence-corrected chi connectivity index (χ2v) is 3.69. The monoisotopic (exact) mass is 218 g/mol. The van der Waals surface area contributed by atoms with Gasteiger partial charge in [-0.3, -0.25) is 0 Å². The van der Waals surface area contributed by atoms with Crippen molar-refractivity contribution in [1.29, 1.82) is 0 Å². The number of hydrogen-bond donors (Lipinski definition) is 0. The number of carbonyl (C=O) groups excluding carboxylic acids is 1. The van der Waals surface area contributed by atoms with Crippen LogP contribution in [-0.2, 0) is 9.53 Å². The number of allylic oxidation sites excluding steroid dienone is 1. The molecule has 15 heavy (non-hydrogen) atoms. The number of rotatable bonds is 2. The van der Waals surface area contributed by atoms with Crippen LogP contribution in [-0.4, -0.2) is 18.5 Å². The Morgan fingerprint density at radius 3 is 2.87 bits per heavy atom. The number of hydrogen-bond acceptors (Lipinski definition) is 2. The van der Waals surface area contributed by atoms with E-state index < -0.39 is 11.9 Å². The van der Waals surface area contributed by atoms with E-state index in [4.69, 9.17) is 0 Å². The minimum atomic E-state index is -2.83. The predicted molar refractivity (Wildman–Crippen MR) is 52.7 cm³/mol. The largest absolute Gasteiger partial charge is 0.463 e. The van der Waals surface area contributed by atoms with Gasteiger partial charge in [-0.25, -0.2) is 13.6 Å². The van der Waals surface area contributed by atoms with Gasteiger partial charge in [0.25, 0.3) is 5.92 Å². The fourth-order valence-electron chi connectivity index (χ4n) is 1.69. The van der Waals surface area contributed by atoms with Crippen LogP contribution in [0, 0.1) is 0 Å². The molecule has 0 amide bonds. The lowest BCUT2D eigenvalue weighted by atomic mass is 10.0. The molecule has 1 rings (SSSR count). The molecule has 0 unspecified atom stereocenters. The predicted octanol–water partition coefficient (Wildman–Crippen LogP) is 3.08. The molecular weight excluding hydrogens is 202 g/mol. The van der Waals surface area contributed by atoms with Crippen molar-refractivity contribution in [3.05, 3.63) is 11.6 Å². The maximum Gasteiger partial charge on any atom is 0.330 e. The van der Waals surface area contributed by atoms with E-state index in [0.717, 1.165) is 18.9 Å². The average Bonchev–Trinajstić information content (AvgIpc) is 2.29. The fraction of sp³-hybridized carbons (Fsp3) is 0.727. The van der Waals surface area contributed by atoms with Crippen molar-refractivity contribution in [3.63, 3.8) is 0 Å². The molecule has 2 nitrogen and oxygen atoms in total. The molecule has 0 heterocycles. The maximum atomic E-state index is 13.5. The maximum absolute atomic E-state index is 13.5. The lowest BCUT2D eigenvalue weighted by Gasteiger charge is -2.16. The molecule has 0 aromatic carbocycles. The summed E-state index contributed by atoms with van der Waals surface area (Å²) in [6, 6.07) is 0. The SMILES string of the molecule is CCOC(=O)/C=C1\CCCCCC1(F)F. The van der Waals surface area contributed by atoms with Crippen LogP contribution in [0.15, 0.2) is 11.6 Å². The molecule has 0 atom stereocenters. The van der Waals surface area contributed by atoms with Gasteiger partial charge in [0.2, 0.25) is 0 Å². The van der Waals surface area contributed by atoms with Crippen molar-refractivity contribution in [2.45, 2.75) is 45.0 Å². The zero-order chi connectivity index (χ0) is 11.3. The number of alkyl halides is 2. The van der Waals surface area contributed by atoms with Crippen LogP contribution in [0.3, 0.4) is 0 Å². The zero-order valence-corrected chi connectivity index (χ0v) is 8.89. The van der Waals surface area contributed by atoms with Crippen LogP contribution in [0.25, 0.3) is 0 Å². The minimum Gasteiger partial charge on any atom is -0.463 e. The van der Waals surface area contributed by atoms with E-state index in [2.05, 4.69) is 4.74 Å². The molecule has 0 radical (unpaired) electrons. The first-order valence-corrected chi connectivity index (χ1v) is 5.32. The summed E-state index contributed by atoms with van der Waals surface area (Å²) in [5.74, 6) is -3.49. The smallest absolute Gasteiger partial charge is 0.330 e. The normalized spacial score (nSPS) is 23.5. The summed E-state index contributed by atoms with van der Waals surface area (Å²) in [4.78, 5) is 11.1. The lowest BCUT2D eigenvalue weighted by molar-refractivity contribution is -0.137. The molecule has 0 aromatic heterocycles. The molecule has 4 heteroatoms. The van der Waals surface area contributed by atoms with Crippen LogP contribution >= 0.6 is 0 Å². The van der Waals surface area contributed by atoms with Crippen LogP contribution in [0.5, 0.6) is 0 Å². The van der Waals surface area contributed by atoms with Crippen LogP contribution in [0.4, 0.5) is 8.78 Å². The quantitative estimate of drug-likeness (QED) is 0.404. The second kappa shape index (κ2) is 5.24. The number of esters is 1. The standard InChI is InChI=1S/C11H16F2O2/c1-2-15-10(14)8-9-6-4-3-5-7-11(9,12)13/h8H,2-7H2,1H3/b9-8+. The lowest BCUT2D eigenvalue weighted by Crippen LogP contribution is -2.19. The van der Waals surface area contributed by atoms with Crippen LogP contribution in [0.1, 0.15) is 39.0 Å². The number of halogens is 2. The Kier molecular flexibility index (Phi) is 4.24. The van der Waals surface area contributed by atoms with Crippen molar-refractivity contribution in [1.82, 2.24) is 0 Å². The molecule has 1 saturated carbocycles. The van der Waals surface area contributed by atoms with Gasteiger partial charge in [-0.1, -0.05) is 6.42 Å². The Balaban J connectivity index is 2.75. The topological polar surface area (TPSA) is 26.3 Å². The molecule has 86 valence electrons. The third kappa shape index (κ3) is 3.61. The molecule has 0 spiro atoms. The van der Waals surface area contributed by atoms with Crippen molar-refractivity contribution >= 4 is 5.97 Å². The van der Waals surface area contributed by atoms with E-state index >= 15 is 0 Å². The van der Waals surface area contributed by atoms with E-state index in [1.54, 1.807) is 6.92 Å². The van der Waals surface area contributed by atoms with Gasteiger partial charge in [-0.05, 0) is 26.2 Å². The third-order valence-corrected chi connectivity index (χ3v) is 2.49. The van der Waals surface area contributed by atoms with Crippen molar-refractivity contribution < 1.29 is 18.3 Å². The summed E-state index contributed by atoms with van der Waals surface area (Å²) in [6.45, 7) is 1.87. The highest BCUT2D eigenvalue weighted by Gasteiger charge is 2.35. The fourth-order valence-corrected chi connectivity index (χ4v) is 1.69. The molecule has 1 aliphatic rings. The van der Waals surface area contributed by atoms with Gasteiger partial charge in [0, 0.05) is 18.1 Å². The van der Waals surface area contributed by atoms with Gasteiger partial charge in [0.05, 0.1) is 6.61 Å². The summed E-state index contributed by atoms with van der Waals surface area (Å²) in [6.07, 6.45) is 3.16. The molecular formula is C11H16F2O2. The van der Waals surface area contributed by atoms with Crippen LogP contribution < -0.4 is 0 Å². The number of ether oxygens (including phenoxy) is 1. The van der Waals surface area contributed by atoms with Gasteiger partial charge in [-0.15, -0.1) is 0 Å². The molecule has 0 aromatic rings. The highest BCUT2D eigenvalue weighted by molar-refractivity contribution is 5.83. The molecule has 0 bridgehead atoms. The zero-order valence-electron chi connectivity index (χ0n) is 8.89. The first-order valence-electron chi connectivity index (χ1n) is 5.32.